The lowest BCUT2D eigenvalue weighted by atomic mass is 9.42. The van der Waals surface area contributed by atoms with Gasteiger partial charge >= 0.3 is 0 Å². The zero-order chi connectivity index (χ0) is 32.6. The summed E-state index contributed by atoms with van der Waals surface area (Å²) in [6.07, 6.45) is 16.2. The van der Waals surface area contributed by atoms with Crippen LogP contribution in [0.1, 0.15) is 113 Å². The minimum absolute atomic E-state index is 0.130. The molecule has 44 heavy (non-hydrogen) atoms. The van der Waals surface area contributed by atoms with E-state index in [2.05, 4.69) is 80.6 Å². The maximum absolute atomic E-state index is 12.7. The topological polar surface area (TPSA) is 57.2 Å². The number of terminal acetylenes is 1. The zero-order valence-electron chi connectivity index (χ0n) is 30.2. The molecule has 7 heteroatoms. The Morgan fingerprint density at radius 1 is 0.841 bits per heavy atom. The molecular formula is C37H66O5Si2. The van der Waals surface area contributed by atoms with E-state index in [1.165, 1.54) is 6.42 Å². The van der Waals surface area contributed by atoms with Gasteiger partial charge in [-0.3, -0.25) is 0 Å². The molecule has 0 amide bonds. The van der Waals surface area contributed by atoms with Crippen LogP contribution in [-0.4, -0.2) is 59.1 Å². The summed E-state index contributed by atoms with van der Waals surface area (Å²) in [5, 5.41) is 13.0. The van der Waals surface area contributed by atoms with Crippen molar-refractivity contribution in [3.63, 3.8) is 0 Å². The summed E-state index contributed by atoms with van der Waals surface area (Å²) in [5.41, 5.74) is -0.813. The molecule has 0 unspecified atom stereocenters. The first-order valence-corrected chi connectivity index (χ1v) is 23.7. The standard InChI is InChI=1S/C37H66O5Si2/c1-13-19-35-21-16-27(42-44(11,12)33(5,6)7)25-36(35,38)22-17-28-29-14-15-31(34(29,8)20-18-30(28)35)37(39-23-24-40-37)26-41-43(9,10)32(2,3)4/h1,27-31,38H,14-26H2,2-12H3/t27-,28-,29-,30-,31-,34-,35+,36+/m0/s1. The molecule has 0 radical (unpaired) electrons. The lowest BCUT2D eigenvalue weighted by molar-refractivity contribution is -0.255. The average Bonchev–Trinajstić information content (AvgIpc) is 3.51. The lowest BCUT2D eigenvalue weighted by Gasteiger charge is -2.65. The summed E-state index contributed by atoms with van der Waals surface area (Å²) in [5.74, 6) is 4.44. The van der Waals surface area contributed by atoms with Gasteiger partial charge in [0.15, 0.2) is 22.4 Å². The second kappa shape index (κ2) is 11.5. The van der Waals surface area contributed by atoms with Crippen LogP contribution in [0.2, 0.25) is 36.3 Å². The molecule has 0 aromatic rings. The summed E-state index contributed by atoms with van der Waals surface area (Å²) >= 11 is 0. The van der Waals surface area contributed by atoms with Gasteiger partial charge < -0.3 is 23.4 Å². The Kier molecular flexibility index (Phi) is 9.14. The van der Waals surface area contributed by atoms with Crippen LogP contribution < -0.4 is 0 Å². The molecule has 252 valence electrons. The fraction of sp³-hybridized carbons (Fsp3) is 0.946. The van der Waals surface area contributed by atoms with Gasteiger partial charge in [-0.05, 0) is 111 Å². The van der Waals surface area contributed by atoms with E-state index in [0.717, 1.165) is 51.4 Å². The molecule has 8 atom stereocenters. The van der Waals surface area contributed by atoms with E-state index >= 15 is 0 Å². The van der Waals surface area contributed by atoms with Gasteiger partial charge in [0.25, 0.3) is 0 Å². The van der Waals surface area contributed by atoms with Gasteiger partial charge in [0, 0.05) is 30.3 Å². The van der Waals surface area contributed by atoms with Gasteiger partial charge in [-0.1, -0.05) is 48.5 Å². The molecule has 1 heterocycles. The van der Waals surface area contributed by atoms with Crippen LogP contribution in [0, 0.1) is 46.8 Å². The van der Waals surface area contributed by atoms with E-state index in [9.17, 15) is 5.11 Å². The molecule has 0 aromatic heterocycles. The van der Waals surface area contributed by atoms with E-state index in [-0.39, 0.29) is 27.0 Å². The number of ether oxygens (including phenoxy) is 2. The summed E-state index contributed by atoms with van der Waals surface area (Å²) in [4.78, 5) is 0. The predicted octanol–water partition coefficient (Wildman–Crippen LogP) is 8.92. The van der Waals surface area contributed by atoms with Crippen LogP contribution in [0.5, 0.6) is 0 Å². The number of aliphatic hydroxyl groups is 1. The van der Waals surface area contributed by atoms with Gasteiger partial charge in [0.2, 0.25) is 0 Å². The first-order valence-electron chi connectivity index (χ1n) is 17.9. The van der Waals surface area contributed by atoms with E-state index in [1.54, 1.807) is 0 Å². The maximum atomic E-state index is 12.7. The van der Waals surface area contributed by atoms with Gasteiger partial charge in [0.1, 0.15) is 0 Å². The normalized spacial score (nSPS) is 41.0. The summed E-state index contributed by atoms with van der Waals surface area (Å²) in [6.45, 7) is 27.6. The van der Waals surface area contributed by atoms with Gasteiger partial charge in [0.05, 0.1) is 25.4 Å². The molecule has 5 fully saturated rings. The molecule has 1 aliphatic heterocycles. The fourth-order valence-electron chi connectivity index (χ4n) is 10.3. The van der Waals surface area contributed by atoms with Crippen molar-refractivity contribution in [1.82, 2.24) is 0 Å². The van der Waals surface area contributed by atoms with Gasteiger partial charge in [-0.15, -0.1) is 12.3 Å². The molecule has 0 bridgehead atoms. The smallest absolute Gasteiger partial charge is 0.194 e. The Labute approximate surface area is 272 Å². The van der Waals surface area contributed by atoms with Crippen molar-refractivity contribution in [2.24, 2.45) is 34.5 Å². The molecule has 1 N–H and O–H groups in total. The average molecular weight is 647 g/mol. The zero-order valence-corrected chi connectivity index (χ0v) is 32.2. The SMILES string of the molecule is C#CC[C@]12CC[C@H](O[Si](C)(C)C(C)(C)C)C[C@]1(O)CC[C@H]1[C@@H]3CC[C@H](C4(CO[Si](C)(C)C(C)(C)C)OCCO4)[C@@]3(C)CC[C@@H]12. The van der Waals surface area contributed by atoms with Crippen molar-refractivity contribution < 1.29 is 23.4 Å². The first kappa shape index (κ1) is 35.1. The van der Waals surface area contributed by atoms with Crippen molar-refractivity contribution in [3.8, 4) is 12.3 Å². The van der Waals surface area contributed by atoms with Crippen molar-refractivity contribution >= 4 is 16.6 Å². The minimum Gasteiger partial charge on any atom is -0.414 e. The summed E-state index contributed by atoms with van der Waals surface area (Å²) < 4.78 is 27.0. The predicted molar refractivity (Wildman–Crippen MR) is 184 cm³/mol. The Bertz CT molecular complexity index is 1090. The van der Waals surface area contributed by atoms with E-state index in [0.29, 0.717) is 49.9 Å². The third kappa shape index (κ3) is 5.56. The molecular weight excluding hydrogens is 581 g/mol. The van der Waals surface area contributed by atoms with Crippen molar-refractivity contribution in [2.45, 2.75) is 166 Å². The second-order valence-corrected chi connectivity index (χ2v) is 28.5. The Morgan fingerprint density at radius 2 is 1.48 bits per heavy atom. The lowest BCUT2D eigenvalue weighted by Crippen LogP contribution is -2.65. The Morgan fingerprint density at radius 3 is 2.07 bits per heavy atom. The Balaban J connectivity index is 1.38. The highest BCUT2D eigenvalue weighted by atomic mass is 28.4. The number of hydrogen-bond acceptors (Lipinski definition) is 5. The van der Waals surface area contributed by atoms with Crippen molar-refractivity contribution in [3.05, 3.63) is 0 Å². The summed E-state index contributed by atoms with van der Waals surface area (Å²) in [6, 6.07) is 0. The van der Waals surface area contributed by atoms with Gasteiger partial charge in [-0.25, -0.2) is 0 Å². The highest BCUT2D eigenvalue weighted by Gasteiger charge is 2.68. The Hall–Kier alpha value is -0.206. The highest BCUT2D eigenvalue weighted by Crippen LogP contribution is 2.71. The molecule has 5 nitrogen and oxygen atoms in total. The van der Waals surface area contributed by atoms with Crippen LogP contribution in [0.25, 0.3) is 0 Å². The van der Waals surface area contributed by atoms with Crippen LogP contribution in [0.4, 0.5) is 0 Å². The number of fused-ring (bicyclic) bond motifs is 5. The van der Waals surface area contributed by atoms with Gasteiger partial charge in [-0.2, -0.15) is 0 Å². The largest absolute Gasteiger partial charge is 0.414 e. The second-order valence-electron chi connectivity index (χ2n) is 19.0. The molecule has 0 spiro atoms. The molecule has 5 aliphatic rings. The molecule has 4 aliphatic carbocycles. The van der Waals surface area contributed by atoms with E-state index < -0.39 is 28.0 Å². The van der Waals surface area contributed by atoms with E-state index in [1.807, 2.05) is 0 Å². The third-order valence-electron chi connectivity index (χ3n) is 14.9. The number of hydrogen-bond donors (Lipinski definition) is 1. The molecule has 1 saturated heterocycles. The quantitative estimate of drug-likeness (QED) is 0.221. The number of rotatable bonds is 7. The highest BCUT2D eigenvalue weighted by molar-refractivity contribution is 6.74. The fourth-order valence-corrected chi connectivity index (χ4v) is 12.7. The van der Waals surface area contributed by atoms with Crippen LogP contribution in [0.3, 0.4) is 0 Å². The summed E-state index contributed by atoms with van der Waals surface area (Å²) in [7, 11) is -3.89. The maximum Gasteiger partial charge on any atom is 0.194 e. The third-order valence-corrected chi connectivity index (χ3v) is 23.9. The first-order chi connectivity index (χ1) is 20.2. The van der Waals surface area contributed by atoms with Crippen molar-refractivity contribution in [2.75, 3.05) is 19.8 Å². The molecule has 0 aromatic carbocycles. The molecule has 4 saturated carbocycles. The van der Waals surface area contributed by atoms with Crippen LogP contribution in [-0.2, 0) is 18.3 Å². The molecule has 5 rings (SSSR count). The monoisotopic (exact) mass is 646 g/mol. The van der Waals surface area contributed by atoms with Crippen LogP contribution >= 0.6 is 0 Å². The minimum atomic E-state index is -1.96. The van der Waals surface area contributed by atoms with Crippen LogP contribution in [0.15, 0.2) is 0 Å². The van der Waals surface area contributed by atoms with E-state index in [4.69, 9.17) is 24.7 Å². The van der Waals surface area contributed by atoms with Crippen molar-refractivity contribution in [1.29, 1.82) is 0 Å².